The molecule has 0 saturated heterocycles. The molecule has 0 aliphatic carbocycles. The predicted molar refractivity (Wildman–Crippen MR) is 116 cm³/mol. The number of aromatic nitrogens is 1. The first-order valence-electron chi connectivity index (χ1n) is 9.09. The molecular weight excluding hydrogens is 370 g/mol. The molecule has 146 valence electrons. The van der Waals surface area contributed by atoms with Gasteiger partial charge in [0.05, 0.1) is 11.9 Å². The third kappa shape index (κ3) is 4.34. The highest BCUT2D eigenvalue weighted by molar-refractivity contribution is 7.17. The van der Waals surface area contributed by atoms with Gasteiger partial charge in [-0.3, -0.25) is 4.79 Å². The van der Waals surface area contributed by atoms with Crippen LogP contribution >= 0.6 is 11.3 Å². The molecule has 0 atom stereocenters. The first-order chi connectivity index (χ1) is 13.1. The van der Waals surface area contributed by atoms with Crippen LogP contribution in [0, 0.1) is 13.8 Å². The Hall–Kier alpha value is -2.86. The third-order valence-corrected chi connectivity index (χ3v) is 5.53. The van der Waals surface area contributed by atoms with Gasteiger partial charge in [-0.15, -0.1) is 0 Å². The van der Waals surface area contributed by atoms with Crippen LogP contribution in [0.25, 0.3) is 0 Å². The summed E-state index contributed by atoms with van der Waals surface area (Å²) in [5.41, 5.74) is 4.46. The number of nitrogens with one attached hydrogen (secondary N) is 2. The molecule has 1 amide bonds. The second-order valence-electron chi connectivity index (χ2n) is 7.84. The molecule has 28 heavy (non-hydrogen) atoms. The maximum atomic E-state index is 12.6. The van der Waals surface area contributed by atoms with Crippen molar-refractivity contribution in [2.24, 2.45) is 0 Å². The predicted octanol–water partition coefficient (Wildman–Crippen LogP) is 5.76. The van der Waals surface area contributed by atoms with Gasteiger partial charge < -0.3 is 15.7 Å². The van der Waals surface area contributed by atoms with E-state index in [1.165, 1.54) is 16.9 Å². The molecule has 0 radical (unpaired) electrons. The molecule has 5 nitrogen and oxygen atoms in total. The third-order valence-electron chi connectivity index (χ3n) is 4.61. The number of hydrogen-bond acceptors (Lipinski definition) is 5. The number of thiazole rings is 1. The van der Waals surface area contributed by atoms with E-state index in [1.54, 1.807) is 25.3 Å². The minimum absolute atomic E-state index is 0.104. The molecule has 1 heterocycles. The van der Waals surface area contributed by atoms with Gasteiger partial charge in [-0.05, 0) is 48.6 Å². The van der Waals surface area contributed by atoms with Crippen LogP contribution in [0.2, 0.25) is 0 Å². The van der Waals surface area contributed by atoms with Crippen LogP contribution in [-0.2, 0) is 5.41 Å². The number of aromatic hydroxyl groups is 1. The lowest BCUT2D eigenvalue weighted by Gasteiger charge is -2.19. The van der Waals surface area contributed by atoms with E-state index >= 15 is 0 Å². The number of nitrogens with zero attached hydrogens (tertiary/aromatic N) is 1. The van der Waals surface area contributed by atoms with Gasteiger partial charge in [0, 0.05) is 11.3 Å². The van der Waals surface area contributed by atoms with Gasteiger partial charge in [-0.2, -0.15) is 0 Å². The number of anilines is 3. The lowest BCUT2D eigenvalue weighted by molar-refractivity contribution is 0.103. The number of phenols is 1. The van der Waals surface area contributed by atoms with E-state index in [-0.39, 0.29) is 17.1 Å². The maximum absolute atomic E-state index is 12.6. The monoisotopic (exact) mass is 395 g/mol. The van der Waals surface area contributed by atoms with Crippen molar-refractivity contribution in [3.05, 3.63) is 64.2 Å². The van der Waals surface area contributed by atoms with Crippen LogP contribution < -0.4 is 10.6 Å². The highest BCUT2D eigenvalue weighted by Gasteiger charge is 2.16. The van der Waals surface area contributed by atoms with E-state index in [2.05, 4.69) is 48.5 Å². The minimum atomic E-state index is -0.245. The summed E-state index contributed by atoms with van der Waals surface area (Å²) in [6, 6.07) is 11.6. The van der Waals surface area contributed by atoms with E-state index in [1.807, 2.05) is 19.1 Å². The van der Waals surface area contributed by atoms with Crippen LogP contribution in [0.15, 0.2) is 42.6 Å². The number of hydrogen-bond donors (Lipinski definition) is 3. The normalized spacial score (nSPS) is 11.3. The molecule has 1 aromatic heterocycles. The topological polar surface area (TPSA) is 74.2 Å². The fourth-order valence-corrected chi connectivity index (χ4v) is 3.55. The summed E-state index contributed by atoms with van der Waals surface area (Å²) < 4.78 is 0. The lowest BCUT2D eigenvalue weighted by atomic mass is 9.87. The lowest BCUT2D eigenvalue weighted by Crippen LogP contribution is -2.12. The van der Waals surface area contributed by atoms with E-state index in [4.69, 9.17) is 0 Å². The van der Waals surface area contributed by atoms with E-state index in [9.17, 15) is 9.90 Å². The summed E-state index contributed by atoms with van der Waals surface area (Å²) in [6.45, 7) is 10.2. The van der Waals surface area contributed by atoms with Gasteiger partial charge in [-0.1, -0.05) is 50.3 Å². The molecule has 0 fully saturated rings. The maximum Gasteiger partial charge on any atom is 0.267 e. The van der Waals surface area contributed by atoms with Crippen LogP contribution in [0.1, 0.15) is 47.1 Å². The molecule has 0 aliphatic heterocycles. The van der Waals surface area contributed by atoms with E-state index in [0.717, 1.165) is 11.3 Å². The Morgan fingerprint density at radius 1 is 1.07 bits per heavy atom. The summed E-state index contributed by atoms with van der Waals surface area (Å²) in [5, 5.41) is 16.6. The van der Waals surface area contributed by atoms with Crippen molar-refractivity contribution in [1.29, 1.82) is 0 Å². The van der Waals surface area contributed by atoms with Gasteiger partial charge in [0.2, 0.25) is 0 Å². The second kappa shape index (κ2) is 7.64. The molecule has 2 aromatic carbocycles. The minimum Gasteiger partial charge on any atom is -0.508 e. The average Bonchev–Trinajstić information content (AvgIpc) is 3.10. The molecule has 0 saturated carbocycles. The second-order valence-corrected chi connectivity index (χ2v) is 8.87. The number of rotatable bonds is 4. The SMILES string of the molecule is Cc1ccc(O)c(C)c1NC(=O)c1cnc(Nc2ccc(C(C)(C)C)cc2)s1. The van der Waals surface area contributed by atoms with Crippen LogP contribution in [0.3, 0.4) is 0 Å². The average molecular weight is 396 g/mol. The van der Waals surface area contributed by atoms with Crippen LogP contribution in [0.5, 0.6) is 5.75 Å². The fraction of sp³-hybridized carbons (Fsp3) is 0.273. The summed E-state index contributed by atoms with van der Waals surface area (Å²) in [5.74, 6) is -0.0864. The first kappa shape index (κ1) is 19.9. The van der Waals surface area contributed by atoms with Crippen molar-refractivity contribution in [3.63, 3.8) is 0 Å². The number of amides is 1. The Bertz CT molecular complexity index is 1000. The van der Waals surface area contributed by atoms with Gasteiger partial charge in [0.25, 0.3) is 5.91 Å². The highest BCUT2D eigenvalue weighted by atomic mass is 32.1. The smallest absolute Gasteiger partial charge is 0.267 e. The van der Waals surface area contributed by atoms with Crippen molar-refractivity contribution in [3.8, 4) is 5.75 Å². The van der Waals surface area contributed by atoms with E-state index in [0.29, 0.717) is 21.3 Å². The molecule has 3 rings (SSSR count). The summed E-state index contributed by atoms with van der Waals surface area (Å²) in [6.07, 6.45) is 1.55. The molecule has 3 aromatic rings. The van der Waals surface area contributed by atoms with Gasteiger partial charge in [-0.25, -0.2) is 4.98 Å². The Balaban J connectivity index is 1.72. The highest BCUT2D eigenvalue weighted by Crippen LogP contribution is 2.30. The fourth-order valence-electron chi connectivity index (χ4n) is 2.82. The first-order valence-corrected chi connectivity index (χ1v) is 9.91. The van der Waals surface area contributed by atoms with Crippen molar-refractivity contribution in [1.82, 2.24) is 4.98 Å². The Kier molecular flexibility index (Phi) is 5.42. The molecular formula is C22H25N3O2S. The van der Waals surface area contributed by atoms with Crippen molar-refractivity contribution in [2.45, 2.75) is 40.0 Å². The van der Waals surface area contributed by atoms with Crippen LogP contribution in [-0.4, -0.2) is 16.0 Å². The Morgan fingerprint density at radius 2 is 1.75 bits per heavy atom. The van der Waals surface area contributed by atoms with Gasteiger partial charge in [0.1, 0.15) is 10.6 Å². The van der Waals surface area contributed by atoms with Crippen molar-refractivity contribution in [2.75, 3.05) is 10.6 Å². The molecule has 0 aliphatic rings. The molecule has 6 heteroatoms. The van der Waals surface area contributed by atoms with Crippen molar-refractivity contribution >= 4 is 33.8 Å². The number of carbonyl (C=O) groups is 1. The summed E-state index contributed by atoms with van der Waals surface area (Å²) in [4.78, 5) is 17.4. The zero-order valence-electron chi connectivity index (χ0n) is 16.8. The molecule has 0 unspecified atom stereocenters. The zero-order chi connectivity index (χ0) is 20.5. The quantitative estimate of drug-likeness (QED) is 0.525. The Labute approximate surface area is 169 Å². The zero-order valence-corrected chi connectivity index (χ0v) is 17.6. The largest absolute Gasteiger partial charge is 0.508 e. The summed E-state index contributed by atoms with van der Waals surface area (Å²) >= 11 is 1.28. The number of phenolic OH excluding ortho intramolecular Hbond substituents is 1. The Morgan fingerprint density at radius 3 is 2.39 bits per heavy atom. The van der Waals surface area contributed by atoms with Crippen molar-refractivity contribution < 1.29 is 9.90 Å². The standard InChI is InChI=1S/C22H25N3O2S/c1-13-6-11-17(26)14(2)19(13)25-20(27)18-12-23-21(28-18)24-16-9-7-15(8-10-16)22(3,4)5/h6-12,26H,1-5H3,(H,23,24)(H,25,27). The van der Waals surface area contributed by atoms with E-state index < -0.39 is 0 Å². The number of benzene rings is 2. The number of carbonyl (C=O) groups excluding carboxylic acids is 1. The molecule has 3 N–H and O–H groups in total. The summed E-state index contributed by atoms with van der Waals surface area (Å²) in [7, 11) is 0. The van der Waals surface area contributed by atoms with Crippen LogP contribution in [0.4, 0.5) is 16.5 Å². The van der Waals surface area contributed by atoms with Gasteiger partial charge in [0.15, 0.2) is 5.13 Å². The number of aryl methyl sites for hydroxylation is 1. The molecule has 0 bridgehead atoms. The van der Waals surface area contributed by atoms with Gasteiger partial charge >= 0.3 is 0 Å². The molecule has 0 spiro atoms.